The largest absolute Gasteiger partial charge is 0.493 e. The number of ether oxygens (including phenoxy) is 2. The SMILES string of the molecule is CNc1snc(C)c1C(=O)Nc1ccc(OC)c(OC(F)F)c1. The molecule has 0 aliphatic heterocycles. The first kappa shape index (κ1) is 16.9. The summed E-state index contributed by atoms with van der Waals surface area (Å²) in [5.74, 6) is -0.407. The van der Waals surface area contributed by atoms with Gasteiger partial charge >= 0.3 is 6.61 Å². The number of carbonyl (C=O) groups is 1. The molecule has 0 aliphatic carbocycles. The summed E-state index contributed by atoms with van der Waals surface area (Å²) in [6.45, 7) is -1.28. The Morgan fingerprint density at radius 2 is 2.09 bits per heavy atom. The van der Waals surface area contributed by atoms with E-state index in [1.165, 1.54) is 36.8 Å². The van der Waals surface area contributed by atoms with Crippen LogP contribution in [0.5, 0.6) is 11.5 Å². The number of carbonyl (C=O) groups excluding carboxylic acids is 1. The maximum atomic E-state index is 12.4. The summed E-state index contributed by atoms with van der Waals surface area (Å²) < 4.78 is 38.3. The van der Waals surface area contributed by atoms with Gasteiger partial charge in [-0.05, 0) is 30.6 Å². The minimum absolute atomic E-state index is 0.146. The van der Waals surface area contributed by atoms with E-state index in [2.05, 4.69) is 19.7 Å². The fraction of sp³-hybridized carbons (Fsp3) is 0.286. The smallest absolute Gasteiger partial charge is 0.387 e. The number of aryl methyl sites for hydroxylation is 1. The summed E-state index contributed by atoms with van der Waals surface area (Å²) in [7, 11) is 3.02. The molecule has 2 N–H and O–H groups in total. The zero-order chi connectivity index (χ0) is 17.0. The summed E-state index contributed by atoms with van der Waals surface area (Å²) in [5.41, 5.74) is 1.29. The molecule has 6 nitrogen and oxygen atoms in total. The van der Waals surface area contributed by atoms with Crippen molar-refractivity contribution in [1.82, 2.24) is 4.37 Å². The molecule has 9 heteroatoms. The Kier molecular flexibility index (Phi) is 5.32. The fourth-order valence-electron chi connectivity index (χ4n) is 1.94. The number of methoxy groups -OCH3 is 1. The van der Waals surface area contributed by atoms with Gasteiger partial charge in [-0.2, -0.15) is 13.2 Å². The van der Waals surface area contributed by atoms with E-state index >= 15 is 0 Å². The second-order valence-electron chi connectivity index (χ2n) is 4.42. The maximum Gasteiger partial charge on any atom is 0.387 e. The first-order valence-corrected chi connectivity index (χ1v) is 7.31. The molecule has 0 saturated heterocycles. The maximum absolute atomic E-state index is 12.4. The van der Waals surface area contributed by atoms with Crippen molar-refractivity contribution >= 4 is 28.1 Å². The summed E-state index contributed by atoms with van der Waals surface area (Å²) in [5, 5.41) is 6.14. The van der Waals surface area contributed by atoms with Crippen molar-refractivity contribution in [2.75, 3.05) is 24.8 Å². The predicted molar refractivity (Wildman–Crippen MR) is 84.0 cm³/mol. The van der Waals surface area contributed by atoms with Crippen molar-refractivity contribution in [3.63, 3.8) is 0 Å². The summed E-state index contributed by atoms with van der Waals surface area (Å²) >= 11 is 1.17. The molecule has 0 radical (unpaired) electrons. The molecular formula is C14H15F2N3O3S. The van der Waals surface area contributed by atoms with E-state index in [4.69, 9.17) is 4.74 Å². The molecule has 0 fully saturated rings. The van der Waals surface area contributed by atoms with Crippen molar-refractivity contribution < 1.29 is 23.0 Å². The Balaban J connectivity index is 2.25. The van der Waals surface area contributed by atoms with Gasteiger partial charge in [-0.25, -0.2) is 0 Å². The number of anilines is 2. The molecule has 2 rings (SSSR count). The van der Waals surface area contributed by atoms with E-state index in [9.17, 15) is 13.6 Å². The topological polar surface area (TPSA) is 72.5 Å². The molecular weight excluding hydrogens is 328 g/mol. The van der Waals surface area contributed by atoms with Gasteiger partial charge in [0, 0.05) is 18.8 Å². The number of alkyl halides is 2. The highest BCUT2D eigenvalue weighted by atomic mass is 32.1. The van der Waals surface area contributed by atoms with Gasteiger partial charge in [-0.3, -0.25) is 4.79 Å². The summed E-state index contributed by atoms with van der Waals surface area (Å²) in [6.07, 6.45) is 0. The Morgan fingerprint density at radius 3 is 2.70 bits per heavy atom. The number of hydrogen-bond donors (Lipinski definition) is 2. The standard InChI is InChI=1S/C14H15F2N3O3S/c1-7-11(13(17-2)23-19-7)12(20)18-8-4-5-9(21-3)10(6-8)22-14(15)16/h4-6,14,17H,1-3H3,(H,18,20). The fourth-order valence-corrected chi connectivity index (χ4v) is 2.69. The quantitative estimate of drug-likeness (QED) is 0.841. The van der Waals surface area contributed by atoms with Crippen molar-refractivity contribution in [2.24, 2.45) is 0 Å². The van der Waals surface area contributed by atoms with Gasteiger partial charge in [-0.15, -0.1) is 0 Å². The normalized spacial score (nSPS) is 10.5. The number of nitrogens with zero attached hydrogens (tertiary/aromatic N) is 1. The van der Waals surface area contributed by atoms with Gasteiger partial charge in [0.05, 0.1) is 18.4 Å². The first-order chi connectivity index (χ1) is 11.0. The van der Waals surface area contributed by atoms with Gasteiger partial charge in [-0.1, -0.05) is 0 Å². The predicted octanol–water partition coefficient (Wildman–Crippen LogP) is 3.36. The Bertz CT molecular complexity index is 707. The zero-order valence-corrected chi connectivity index (χ0v) is 13.5. The van der Waals surface area contributed by atoms with E-state index in [0.717, 1.165) is 0 Å². The molecule has 124 valence electrons. The second-order valence-corrected chi connectivity index (χ2v) is 5.19. The number of hydrogen-bond acceptors (Lipinski definition) is 6. The summed E-state index contributed by atoms with van der Waals surface area (Å²) in [4.78, 5) is 12.4. The van der Waals surface area contributed by atoms with Crippen LogP contribution in [0.4, 0.5) is 19.5 Å². The highest BCUT2D eigenvalue weighted by Crippen LogP contribution is 2.32. The van der Waals surface area contributed by atoms with Crippen molar-refractivity contribution in [3.8, 4) is 11.5 Å². The third kappa shape index (κ3) is 3.86. The number of rotatable bonds is 6. The number of aromatic nitrogens is 1. The van der Waals surface area contributed by atoms with Crippen LogP contribution < -0.4 is 20.1 Å². The Hall–Kier alpha value is -2.42. The minimum Gasteiger partial charge on any atom is -0.493 e. The van der Waals surface area contributed by atoms with Crippen LogP contribution in [-0.2, 0) is 0 Å². The van der Waals surface area contributed by atoms with Crippen LogP contribution in [0.1, 0.15) is 16.1 Å². The van der Waals surface area contributed by atoms with Crippen LogP contribution in [0.15, 0.2) is 18.2 Å². The third-order valence-electron chi connectivity index (χ3n) is 2.95. The lowest BCUT2D eigenvalue weighted by atomic mass is 10.2. The molecule has 0 atom stereocenters. The highest BCUT2D eigenvalue weighted by Gasteiger charge is 2.19. The Morgan fingerprint density at radius 1 is 1.35 bits per heavy atom. The molecule has 23 heavy (non-hydrogen) atoms. The highest BCUT2D eigenvalue weighted by molar-refractivity contribution is 7.10. The van der Waals surface area contributed by atoms with Gasteiger partial charge < -0.3 is 20.1 Å². The van der Waals surface area contributed by atoms with E-state index in [0.29, 0.717) is 21.9 Å². The Labute approximate surface area is 135 Å². The third-order valence-corrected chi connectivity index (χ3v) is 3.91. The van der Waals surface area contributed by atoms with Gasteiger partial charge in [0.1, 0.15) is 5.00 Å². The molecule has 0 bridgehead atoms. The molecule has 1 heterocycles. The second kappa shape index (κ2) is 7.23. The monoisotopic (exact) mass is 343 g/mol. The van der Waals surface area contributed by atoms with Gasteiger partial charge in [0.15, 0.2) is 11.5 Å². The molecule has 0 unspecified atom stereocenters. The van der Waals surface area contributed by atoms with E-state index in [1.54, 1.807) is 14.0 Å². The number of nitrogens with one attached hydrogen (secondary N) is 2. The van der Waals surface area contributed by atoms with Crippen LogP contribution >= 0.6 is 11.5 Å². The average Bonchev–Trinajstić information content (AvgIpc) is 2.88. The molecule has 0 spiro atoms. The molecule has 1 amide bonds. The molecule has 1 aromatic carbocycles. The minimum atomic E-state index is -2.99. The number of amides is 1. The van der Waals surface area contributed by atoms with Crippen LogP contribution in [0.2, 0.25) is 0 Å². The van der Waals surface area contributed by atoms with Crippen LogP contribution in [-0.4, -0.2) is 31.0 Å². The summed E-state index contributed by atoms with van der Waals surface area (Å²) in [6, 6.07) is 4.24. The van der Waals surface area contributed by atoms with Gasteiger partial charge in [0.25, 0.3) is 5.91 Å². The lowest BCUT2D eigenvalue weighted by molar-refractivity contribution is -0.0511. The number of halogens is 2. The average molecular weight is 343 g/mol. The van der Waals surface area contributed by atoms with Crippen molar-refractivity contribution in [3.05, 3.63) is 29.5 Å². The molecule has 0 saturated carbocycles. The van der Waals surface area contributed by atoms with Crippen LogP contribution in [0.25, 0.3) is 0 Å². The van der Waals surface area contributed by atoms with E-state index in [-0.39, 0.29) is 11.5 Å². The lowest BCUT2D eigenvalue weighted by Crippen LogP contribution is -2.14. The van der Waals surface area contributed by atoms with Gasteiger partial charge in [0.2, 0.25) is 0 Å². The van der Waals surface area contributed by atoms with Crippen LogP contribution in [0, 0.1) is 6.92 Å². The molecule has 0 aliphatic rings. The van der Waals surface area contributed by atoms with E-state index in [1.807, 2.05) is 0 Å². The van der Waals surface area contributed by atoms with Crippen molar-refractivity contribution in [2.45, 2.75) is 13.5 Å². The first-order valence-electron chi connectivity index (χ1n) is 6.54. The number of benzene rings is 1. The zero-order valence-electron chi connectivity index (χ0n) is 12.6. The lowest BCUT2D eigenvalue weighted by Gasteiger charge is -2.12. The molecule has 2 aromatic rings. The van der Waals surface area contributed by atoms with Crippen LogP contribution in [0.3, 0.4) is 0 Å². The van der Waals surface area contributed by atoms with E-state index < -0.39 is 12.5 Å². The molecule has 1 aromatic heterocycles. The van der Waals surface area contributed by atoms with Crippen molar-refractivity contribution in [1.29, 1.82) is 0 Å².